The molecule has 29 heavy (non-hydrogen) atoms. The SMILES string of the molecule is CCCOc1ccc(C2CCC3CC(C4CCC(CCC)CC4)CCC3C2)cc1. The summed E-state index contributed by atoms with van der Waals surface area (Å²) < 4.78 is 5.77. The van der Waals surface area contributed by atoms with E-state index in [1.54, 1.807) is 24.8 Å². The van der Waals surface area contributed by atoms with Crippen molar-refractivity contribution in [3.63, 3.8) is 0 Å². The van der Waals surface area contributed by atoms with Crippen LogP contribution in [-0.4, -0.2) is 6.61 Å². The molecule has 1 aromatic carbocycles. The van der Waals surface area contributed by atoms with Crippen LogP contribution in [0.15, 0.2) is 24.3 Å². The lowest BCUT2D eigenvalue weighted by atomic mass is 9.60. The third kappa shape index (κ3) is 5.39. The highest BCUT2D eigenvalue weighted by molar-refractivity contribution is 5.30. The predicted molar refractivity (Wildman–Crippen MR) is 123 cm³/mol. The van der Waals surface area contributed by atoms with Crippen LogP contribution < -0.4 is 4.74 Å². The van der Waals surface area contributed by atoms with Crippen molar-refractivity contribution in [2.75, 3.05) is 6.61 Å². The summed E-state index contributed by atoms with van der Waals surface area (Å²) in [7, 11) is 0. The lowest BCUT2D eigenvalue weighted by molar-refractivity contribution is 0.0712. The summed E-state index contributed by atoms with van der Waals surface area (Å²) in [5, 5.41) is 0. The smallest absolute Gasteiger partial charge is 0.119 e. The van der Waals surface area contributed by atoms with Gasteiger partial charge >= 0.3 is 0 Å². The topological polar surface area (TPSA) is 9.23 Å². The Morgan fingerprint density at radius 3 is 2.00 bits per heavy atom. The molecule has 3 saturated carbocycles. The largest absolute Gasteiger partial charge is 0.494 e. The molecule has 3 aliphatic carbocycles. The molecule has 3 aliphatic rings. The normalized spacial score (nSPS) is 35.1. The maximum Gasteiger partial charge on any atom is 0.119 e. The molecule has 0 N–H and O–H groups in total. The van der Waals surface area contributed by atoms with Gasteiger partial charge in [-0.15, -0.1) is 0 Å². The van der Waals surface area contributed by atoms with Crippen molar-refractivity contribution in [2.45, 2.75) is 103 Å². The molecule has 0 saturated heterocycles. The quantitative estimate of drug-likeness (QED) is 0.449. The summed E-state index contributed by atoms with van der Waals surface area (Å²) in [6, 6.07) is 9.08. The summed E-state index contributed by atoms with van der Waals surface area (Å²) in [6.07, 6.45) is 19.0. The summed E-state index contributed by atoms with van der Waals surface area (Å²) in [5.74, 6) is 7.04. The monoisotopic (exact) mass is 396 g/mol. The van der Waals surface area contributed by atoms with Crippen LogP contribution in [0.2, 0.25) is 0 Å². The van der Waals surface area contributed by atoms with Gasteiger partial charge in [0.15, 0.2) is 0 Å². The van der Waals surface area contributed by atoms with Crippen LogP contribution in [0.3, 0.4) is 0 Å². The van der Waals surface area contributed by atoms with E-state index in [2.05, 4.69) is 38.1 Å². The second-order valence-electron chi connectivity index (χ2n) is 10.6. The number of fused-ring (bicyclic) bond motifs is 1. The molecule has 0 aromatic heterocycles. The Labute approximate surface area is 180 Å². The molecule has 162 valence electrons. The Morgan fingerprint density at radius 1 is 0.690 bits per heavy atom. The highest BCUT2D eigenvalue weighted by Crippen LogP contribution is 2.51. The molecule has 0 amide bonds. The van der Waals surface area contributed by atoms with E-state index in [0.29, 0.717) is 0 Å². The standard InChI is InChI=1S/C28H44O/c1-3-5-21-6-8-22(9-7-21)24-10-12-27-20-25(11-13-26(27)19-24)23-14-16-28(17-15-23)29-18-4-2/h14-17,21-22,24-27H,3-13,18-20H2,1-2H3. The van der Waals surface area contributed by atoms with Gasteiger partial charge in [0.25, 0.3) is 0 Å². The molecular formula is C28H44O. The number of ether oxygens (including phenoxy) is 1. The molecule has 4 unspecified atom stereocenters. The van der Waals surface area contributed by atoms with E-state index >= 15 is 0 Å². The van der Waals surface area contributed by atoms with Crippen LogP contribution >= 0.6 is 0 Å². The molecule has 0 heterocycles. The van der Waals surface area contributed by atoms with E-state index in [1.165, 1.54) is 57.8 Å². The van der Waals surface area contributed by atoms with E-state index in [-0.39, 0.29) is 0 Å². The van der Waals surface area contributed by atoms with Crippen LogP contribution in [0.1, 0.15) is 109 Å². The summed E-state index contributed by atoms with van der Waals surface area (Å²) in [5.41, 5.74) is 1.56. The van der Waals surface area contributed by atoms with Crippen molar-refractivity contribution in [1.82, 2.24) is 0 Å². The third-order valence-corrected chi connectivity index (χ3v) is 8.73. The lowest BCUT2D eigenvalue weighted by Gasteiger charge is -2.45. The molecular weight excluding hydrogens is 352 g/mol. The first-order valence-corrected chi connectivity index (χ1v) is 13.0. The molecule has 0 radical (unpaired) electrons. The van der Waals surface area contributed by atoms with Crippen LogP contribution in [0.4, 0.5) is 0 Å². The fraction of sp³-hybridized carbons (Fsp3) is 0.786. The van der Waals surface area contributed by atoms with Crippen LogP contribution in [0.5, 0.6) is 5.75 Å². The van der Waals surface area contributed by atoms with Crippen molar-refractivity contribution < 1.29 is 4.74 Å². The van der Waals surface area contributed by atoms with Crippen molar-refractivity contribution in [3.8, 4) is 5.75 Å². The van der Waals surface area contributed by atoms with Crippen molar-refractivity contribution in [2.24, 2.45) is 29.6 Å². The van der Waals surface area contributed by atoms with Gasteiger partial charge in [-0.3, -0.25) is 0 Å². The first-order chi connectivity index (χ1) is 14.3. The fourth-order valence-electron chi connectivity index (χ4n) is 7.07. The highest BCUT2D eigenvalue weighted by atomic mass is 16.5. The number of hydrogen-bond acceptors (Lipinski definition) is 1. The lowest BCUT2D eigenvalue weighted by Crippen LogP contribution is -2.34. The van der Waals surface area contributed by atoms with Gasteiger partial charge in [-0.05, 0) is 111 Å². The molecule has 0 aliphatic heterocycles. The molecule has 1 aromatic rings. The van der Waals surface area contributed by atoms with E-state index < -0.39 is 0 Å². The summed E-state index contributed by atoms with van der Waals surface area (Å²) in [4.78, 5) is 0. The van der Waals surface area contributed by atoms with Crippen LogP contribution in [0, 0.1) is 29.6 Å². The number of hydrogen-bond donors (Lipinski definition) is 0. The molecule has 0 bridgehead atoms. The molecule has 4 atom stereocenters. The Bertz CT molecular complexity index is 597. The Balaban J connectivity index is 1.26. The molecule has 1 heteroatoms. The van der Waals surface area contributed by atoms with Crippen LogP contribution in [0.25, 0.3) is 0 Å². The Kier molecular flexibility index (Phi) is 7.60. The fourth-order valence-corrected chi connectivity index (χ4v) is 7.07. The zero-order valence-electron chi connectivity index (χ0n) is 19.1. The van der Waals surface area contributed by atoms with Crippen LogP contribution in [-0.2, 0) is 0 Å². The maximum absolute atomic E-state index is 5.77. The first-order valence-electron chi connectivity index (χ1n) is 13.0. The number of rotatable bonds is 7. The molecule has 4 rings (SSSR count). The summed E-state index contributed by atoms with van der Waals surface area (Å²) >= 11 is 0. The van der Waals surface area contributed by atoms with Gasteiger partial charge in [0.2, 0.25) is 0 Å². The van der Waals surface area contributed by atoms with E-state index in [9.17, 15) is 0 Å². The third-order valence-electron chi connectivity index (χ3n) is 8.73. The van der Waals surface area contributed by atoms with Crippen molar-refractivity contribution in [1.29, 1.82) is 0 Å². The van der Waals surface area contributed by atoms with Gasteiger partial charge < -0.3 is 4.74 Å². The minimum Gasteiger partial charge on any atom is -0.494 e. The van der Waals surface area contributed by atoms with Crippen molar-refractivity contribution >= 4 is 0 Å². The Hall–Kier alpha value is -0.980. The Morgan fingerprint density at radius 2 is 1.31 bits per heavy atom. The predicted octanol–water partition coefficient (Wildman–Crippen LogP) is 8.38. The summed E-state index contributed by atoms with van der Waals surface area (Å²) in [6.45, 7) is 5.35. The van der Waals surface area contributed by atoms with Crippen molar-refractivity contribution in [3.05, 3.63) is 29.8 Å². The van der Waals surface area contributed by atoms with Gasteiger partial charge in [-0.2, -0.15) is 0 Å². The second kappa shape index (κ2) is 10.4. The second-order valence-corrected chi connectivity index (χ2v) is 10.6. The van der Waals surface area contributed by atoms with Gasteiger partial charge in [-0.1, -0.05) is 51.7 Å². The average molecular weight is 397 g/mol. The minimum absolute atomic E-state index is 0.789. The van der Waals surface area contributed by atoms with E-state index in [0.717, 1.165) is 54.3 Å². The van der Waals surface area contributed by atoms with Gasteiger partial charge in [0.05, 0.1) is 6.61 Å². The zero-order chi connectivity index (χ0) is 20.1. The maximum atomic E-state index is 5.77. The first kappa shape index (κ1) is 21.3. The number of benzene rings is 1. The average Bonchev–Trinajstić information content (AvgIpc) is 2.78. The van der Waals surface area contributed by atoms with E-state index in [4.69, 9.17) is 4.74 Å². The molecule has 3 fully saturated rings. The highest BCUT2D eigenvalue weighted by Gasteiger charge is 2.38. The molecule has 1 nitrogen and oxygen atoms in total. The minimum atomic E-state index is 0.789. The van der Waals surface area contributed by atoms with E-state index in [1.807, 2.05) is 0 Å². The van der Waals surface area contributed by atoms with Gasteiger partial charge in [0.1, 0.15) is 5.75 Å². The van der Waals surface area contributed by atoms with Gasteiger partial charge in [0, 0.05) is 0 Å². The zero-order valence-corrected chi connectivity index (χ0v) is 19.1. The van der Waals surface area contributed by atoms with Gasteiger partial charge in [-0.25, -0.2) is 0 Å². The molecule has 0 spiro atoms.